The van der Waals surface area contributed by atoms with E-state index in [0.717, 1.165) is 18.4 Å². The van der Waals surface area contributed by atoms with Gasteiger partial charge in [-0.05, 0) is 44.1 Å². The lowest BCUT2D eigenvalue weighted by Gasteiger charge is -2.20. The lowest BCUT2D eigenvalue weighted by Crippen LogP contribution is -2.34. The molecule has 0 fully saturated rings. The second kappa shape index (κ2) is 9.32. The van der Waals surface area contributed by atoms with Gasteiger partial charge in [0.05, 0.1) is 30.7 Å². The zero-order valence-electron chi connectivity index (χ0n) is 17.1. The van der Waals surface area contributed by atoms with Crippen molar-refractivity contribution in [2.45, 2.75) is 46.8 Å². The number of para-hydroxylation sites is 1. The molecule has 9 heteroatoms. The molecule has 8 nitrogen and oxygen atoms in total. The number of ether oxygens (including phenoxy) is 1. The Kier molecular flexibility index (Phi) is 6.81. The summed E-state index contributed by atoms with van der Waals surface area (Å²) in [6.07, 6.45) is 1.68. The molecule has 0 aliphatic carbocycles. The van der Waals surface area contributed by atoms with Crippen molar-refractivity contribution in [2.75, 3.05) is 19.7 Å². The van der Waals surface area contributed by atoms with E-state index in [1.54, 1.807) is 16.2 Å². The van der Waals surface area contributed by atoms with Gasteiger partial charge < -0.3 is 4.74 Å². The standard InChI is InChI=1S/C20H27N5O3S/c1-4-11-22(13-17(26)28-6-3)14-24-20(29)25-16-10-8-7-9-15(16)18(27)23(12-5-2)19(25)21-24/h7-10H,4-6,11-14H2,1-3H3. The Labute approximate surface area is 174 Å². The summed E-state index contributed by atoms with van der Waals surface area (Å²) in [5.74, 6) is 0.248. The van der Waals surface area contributed by atoms with Crippen molar-refractivity contribution in [3.8, 4) is 0 Å². The molecule has 3 aromatic rings. The quantitative estimate of drug-likeness (QED) is 0.394. The highest BCUT2D eigenvalue weighted by Crippen LogP contribution is 2.15. The van der Waals surface area contributed by atoms with Gasteiger partial charge in [-0.2, -0.15) is 0 Å². The van der Waals surface area contributed by atoms with E-state index in [-0.39, 0.29) is 18.1 Å². The van der Waals surface area contributed by atoms with Gasteiger partial charge in [-0.25, -0.2) is 4.68 Å². The van der Waals surface area contributed by atoms with Crippen LogP contribution in [0.25, 0.3) is 16.7 Å². The Morgan fingerprint density at radius 2 is 1.97 bits per heavy atom. The highest BCUT2D eigenvalue weighted by Gasteiger charge is 2.18. The Balaban J connectivity index is 2.12. The van der Waals surface area contributed by atoms with E-state index in [2.05, 4.69) is 5.10 Å². The summed E-state index contributed by atoms with van der Waals surface area (Å²) in [6.45, 7) is 7.99. The molecule has 2 aromatic heterocycles. The van der Waals surface area contributed by atoms with E-state index >= 15 is 0 Å². The molecule has 0 bridgehead atoms. The molecule has 1 aromatic carbocycles. The molecular formula is C20H27N5O3S. The monoisotopic (exact) mass is 417 g/mol. The van der Waals surface area contributed by atoms with Gasteiger partial charge in [0.25, 0.3) is 5.56 Å². The van der Waals surface area contributed by atoms with E-state index in [9.17, 15) is 9.59 Å². The van der Waals surface area contributed by atoms with Crippen molar-refractivity contribution in [3.05, 3.63) is 39.4 Å². The van der Waals surface area contributed by atoms with Crippen molar-refractivity contribution in [1.82, 2.24) is 23.6 Å². The van der Waals surface area contributed by atoms with Crippen molar-refractivity contribution >= 4 is 34.9 Å². The minimum absolute atomic E-state index is 0.0703. The molecule has 0 unspecified atom stereocenters. The highest BCUT2D eigenvalue weighted by molar-refractivity contribution is 7.71. The number of nitrogens with zero attached hydrogens (tertiary/aromatic N) is 5. The summed E-state index contributed by atoms with van der Waals surface area (Å²) in [7, 11) is 0. The van der Waals surface area contributed by atoms with Gasteiger partial charge >= 0.3 is 5.97 Å². The molecule has 156 valence electrons. The first kappa shape index (κ1) is 21.2. The Hall–Kier alpha value is -2.52. The number of hydrogen-bond acceptors (Lipinski definition) is 6. The molecular weight excluding hydrogens is 390 g/mol. The summed E-state index contributed by atoms with van der Waals surface area (Å²) in [5.41, 5.74) is 0.669. The third-order valence-electron chi connectivity index (χ3n) is 4.66. The van der Waals surface area contributed by atoms with E-state index in [1.165, 1.54) is 0 Å². The minimum atomic E-state index is -0.274. The maximum atomic E-state index is 13.0. The Morgan fingerprint density at radius 3 is 2.66 bits per heavy atom. The van der Waals surface area contributed by atoms with Crippen LogP contribution in [-0.2, 0) is 22.7 Å². The van der Waals surface area contributed by atoms with Gasteiger partial charge in [0.1, 0.15) is 0 Å². The van der Waals surface area contributed by atoms with Crippen molar-refractivity contribution < 1.29 is 9.53 Å². The fourth-order valence-electron chi connectivity index (χ4n) is 3.48. The van der Waals surface area contributed by atoms with Crippen LogP contribution in [-0.4, -0.2) is 49.3 Å². The van der Waals surface area contributed by atoms with Crippen LogP contribution in [0, 0.1) is 4.77 Å². The first-order valence-electron chi connectivity index (χ1n) is 10.0. The number of fused-ring (bicyclic) bond motifs is 3. The van der Waals surface area contributed by atoms with E-state index < -0.39 is 0 Å². The van der Waals surface area contributed by atoms with Crippen LogP contribution in [0.1, 0.15) is 33.6 Å². The summed E-state index contributed by atoms with van der Waals surface area (Å²) < 4.78 is 10.8. The number of aromatic nitrogens is 4. The first-order valence-corrected chi connectivity index (χ1v) is 10.4. The fourth-order valence-corrected chi connectivity index (χ4v) is 3.76. The Morgan fingerprint density at radius 1 is 1.21 bits per heavy atom. The maximum Gasteiger partial charge on any atom is 0.320 e. The number of aryl methyl sites for hydroxylation is 1. The highest BCUT2D eigenvalue weighted by atomic mass is 32.1. The second-order valence-electron chi connectivity index (χ2n) is 6.89. The molecule has 0 saturated carbocycles. The Bertz CT molecular complexity index is 1130. The summed E-state index contributed by atoms with van der Waals surface area (Å²) >= 11 is 5.71. The van der Waals surface area contributed by atoms with Crippen LogP contribution in [0.5, 0.6) is 0 Å². The number of esters is 1. The van der Waals surface area contributed by atoms with Crippen molar-refractivity contribution in [3.63, 3.8) is 0 Å². The van der Waals surface area contributed by atoms with E-state index in [4.69, 9.17) is 17.0 Å². The van der Waals surface area contributed by atoms with Crippen LogP contribution in [0.4, 0.5) is 0 Å². The molecule has 0 spiro atoms. The predicted octanol–water partition coefficient (Wildman–Crippen LogP) is 2.82. The van der Waals surface area contributed by atoms with E-state index in [0.29, 0.717) is 42.3 Å². The fraction of sp³-hybridized carbons (Fsp3) is 0.500. The molecule has 0 N–H and O–H groups in total. The lowest BCUT2D eigenvalue weighted by molar-refractivity contribution is -0.144. The summed E-state index contributed by atoms with van der Waals surface area (Å²) in [6, 6.07) is 7.42. The van der Waals surface area contributed by atoms with Crippen molar-refractivity contribution in [2.24, 2.45) is 0 Å². The summed E-state index contributed by atoms with van der Waals surface area (Å²) in [4.78, 5) is 26.9. The molecule has 0 aliphatic rings. The van der Waals surface area contributed by atoms with Crippen LogP contribution in [0.15, 0.2) is 29.1 Å². The van der Waals surface area contributed by atoms with Crippen LogP contribution >= 0.6 is 12.2 Å². The average Bonchev–Trinajstić information content (AvgIpc) is 3.01. The van der Waals surface area contributed by atoms with Gasteiger partial charge in [-0.3, -0.25) is 23.5 Å². The zero-order valence-corrected chi connectivity index (χ0v) is 17.9. The number of rotatable bonds is 9. The van der Waals surface area contributed by atoms with E-state index in [1.807, 2.05) is 47.4 Å². The minimum Gasteiger partial charge on any atom is -0.465 e. The molecule has 29 heavy (non-hydrogen) atoms. The first-order chi connectivity index (χ1) is 14.0. The third kappa shape index (κ3) is 4.25. The maximum absolute atomic E-state index is 13.0. The average molecular weight is 418 g/mol. The molecule has 0 radical (unpaired) electrons. The zero-order chi connectivity index (χ0) is 21.0. The van der Waals surface area contributed by atoms with Gasteiger partial charge in [-0.1, -0.05) is 26.0 Å². The number of carbonyl (C=O) groups excluding carboxylic acids is 1. The molecule has 0 aliphatic heterocycles. The molecule has 3 rings (SSSR count). The van der Waals surface area contributed by atoms with Gasteiger partial charge in [-0.15, -0.1) is 5.10 Å². The number of carbonyl (C=O) groups is 1. The third-order valence-corrected chi connectivity index (χ3v) is 5.06. The van der Waals surface area contributed by atoms with Crippen molar-refractivity contribution in [1.29, 1.82) is 0 Å². The van der Waals surface area contributed by atoms with Crippen LogP contribution in [0.3, 0.4) is 0 Å². The number of hydrogen-bond donors (Lipinski definition) is 0. The SMILES string of the molecule is CCCN(CC(=O)OCC)Cn1nc2n(CCC)c(=O)c3ccccc3n2c1=S. The lowest BCUT2D eigenvalue weighted by atomic mass is 10.2. The normalized spacial score (nSPS) is 11.6. The molecule has 0 amide bonds. The molecule has 0 saturated heterocycles. The van der Waals surface area contributed by atoms with Crippen LogP contribution in [0.2, 0.25) is 0 Å². The van der Waals surface area contributed by atoms with Gasteiger partial charge in [0.2, 0.25) is 10.5 Å². The van der Waals surface area contributed by atoms with Gasteiger partial charge in [0, 0.05) is 13.1 Å². The molecule has 0 atom stereocenters. The predicted molar refractivity (Wildman–Crippen MR) is 115 cm³/mol. The second-order valence-corrected chi connectivity index (χ2v) is 7.26. The van der Waals surface area contributed by atoms with Crippen LogP contribution < -0.4 is 5.56 Å². The van der Waals surface area contributed by atoms with Gasteiger partial charge in [0.15, 0.2) is 0 Å². The number of benzene rings is 1. The summed E-state index contributed by atoms with van der Waals surface area (Å²) in [5, 5.41) is 5.27. The smallest absolute Gasteiger partial charge is 0.320 e. The molecule has 2 heterocycles. The topological polar surface area (TPSA) is 73.8 Å². The largest absolute Gasteiger partial charge is 0.465 e.